The van der Waals surface area contributed by atoms with Crippen molar-refractivity contribution in [3.05, 3.63) is 24.3 Å². The third kappa shape index (κ3) is 4.43. The van der Waals surface area contributed by atoms with E-state index in [1.54, 1.807) is 25.5 Å². The van der Waals surface area contributed by atoms with Crippen LogP contribution in [0.1, 0.15) is 58.5 Å². The summed E-state index contributed by atoms with van der Waals surface area (Å²) < 4.78 is 6.84. The molecule has 0 saturated heterocycles. The second-order valence-electron chi connectivity index (χ2n) is 7.61. The molecule has 126 valence electrons. The summed E-state index contributed by atoms with van der Waals surface area (Å²) in [6.45, 7) is 13.1. The van der Waals surface area contributed by atoms with Gasteiger partial charge in [0.2, 0.25) is 0 Å². The molecule has 0 fully saturated rings. The summed E-state index contributed by atoms with van der Waals surface area (Å²) >= 11 is 0. The molecule has 0 unspecified atom stereocenters. The molecule has 0 radical (unpaired) electrons. The monoisotopic (exact) mass is 318 g/mol. The number of carbonyl (C=O) groups is 1. The van der Waals surface area contributed by atoms with E-state index in [-0.39, 0.29) is 16.6 Å². The highest BCUT2D eigenvalue weighted by atomic mass is 16.5. The Labute approximate surface area is 137 Å². The first-order valence-corrected chi connectivity index (χ1v) is 7.90. The van der Waals surface area contributed by atoms with E-state index in [9.17, 15) is 4.79 Å². The first kappa shape index (κ1) is 17.2. The molecule has 0 aliphatic rings. The molecule has 0 saturated carbocycles. The van der Waals surface area contributed by atoms with E-state index in [1.807, 2.05) is 4.40 Å². The molecule has 2 aromatic rings. The summed E-state index contributed by atoms with van der Waals surface area (Å²) in [5.74, 6) is 0.408. The van der Waals surface area contributed by atoms with Gasteiger partial charge in [0, 0.05) is 11.7 Å². The van der Waals surface area contributed by atoms with Gasteiger partial charge in [0.25, 0.3) is 0 Å². The number of esters is 1. The van der Waals surface area contributed by atoms with Crippen LogP contribution in [0.2, 0.25) is 0 Å². The lowest BCUT2D eigenvalue weighted by atomic mass is 9.82. The summed E-state index contributed by atoms with van der Waals surface area (Å²) in [4.78, 5) is 20.3. The molecular weight excluding hydrogens is 292 g/mol. The van der Waals surface area contributed by atoms with E-state index in [2.05, 4.69) is 49.9 Å². The lowest BCUT2D eigenvalue weighted by molar-refractivity contribution is 0.0519. The average Bonchev–Trinajstić information content (AvgIpc) is 2.78. The maximum absolute atomic E-state index is 11.9. The molecule has 23 heavy (non-hydrogen) atoms. The van der Waals surface area contributed by atoms with Crippen molar-refractivity contribution in [1.29, 1.82) is 0 Å². The minimum atomic E-state index is -0.428. The zero-order valence-corrected chi connectivity index (χ0v) is 14.8. The van der Waals surface area contributed by atoms with Crippen LogP contribution in [-0.4, -0.2) is 32.5 Å². The number of imidazole rings is 1. The standard InChI is InChI=1S/C17H26N4O2/c1-7-23-15(22)12-10-21-13(8-18-12)19-9-14(21)20-17(5,6)11-16(2,3)4/h8-10,20H,7,11H2,1-6H3. The third-order valence-electron chi connectivity index (χ3n) is 3.32. The molecule has 0 amide bonds. The molecule has 0 bridgehead atoms. The minimum Gasteiger partial charge on any atom is -0.461 e. The number of carbonyl (C=O) groups excluding carboxylic acids is 1. The number of fused-ring (bicyclic) bond motifs is 1. The quantitative estimate of drug-likeness (QED) is 0.854. The van der Waals surface area contributed by atoms with Crippen LogP contribution in [0, 0.1) is 5.41 Å². The van der Waals surface area contributed by atoms with E-state index in [1.165, 1.54) is 0 Å². The lowest BCUT2D eigenvalue weighted by Crippen LogP contribution is -2.35. The lowest BCUT2D eigenvalue weighted by Gasteiger charge is -2.33. The van der Waals surface area contributed by atoms with Crippen LogP contribution in [-0.2, 0) is 4.74 Å². The molecule has 0 aliphatic carbocycles. The Morgan fingerprint density at radius 1 is 1.22 bits per heavy atom. The number of aromatic nitrogens is 3. The number of hydrogen-bond donors (Lipinski definition) is 1. The van der Waals surface area contributed by atoms with Gasteiger partial charge in [0.05, 0.1) is 19.0 Å². The van der Waals surface area contributed by atoms with E-state index in [4.69, 9.17) is 4.74 Å². The Kier molecular flexibility index (Phi) is 4.63. The summed E-state index contributed by atoms with van der Waals surface area (Å²) in [5.41, 5.74) is 1.05. The van der Waals surface area contributed by atoms with Crippen molar-refractivity contribution in [2.24, 2.45) is 5.41 Å². The maximum Gasteiger partial charge on any atom is 0.358 e. The zero-order chi connectivity index (χ0) is 17.3. The maximum atomic E-state index is 11.9. The number of rotatable bonds is 5. The number of nitrogens with one attached hydrogen (secondary N) is 1. The summed E-state index contributed by atoms with van der Waals surface area (Å²) in [7, 11) is 0. The van der Waals surface area contributed by atoms with Crippen molar-refractivity contribution in [2.45, 2.75) is 53.5 Å². The van der Waals surface area contributed by atoms with Crippen LogP contribution in [0.4, 0.5) is 5.82 Å². The Balaban J connectivity index is 2.31. The van der Waals surface area contributed by atoms with Crippen molar-refractivity contribution in [2.75, 3.05) is 11.9 Å². The number of ether oxygens (including phenoxy) is 1. The molecular formula is C17H26N4O2. The highest BCUT2D eigenvalue weighted by molar-refractivity contribution is 5.87. The average molecular weight is 318 g/mol. The third-order valence-corrected chi connectivity index (χ3v) is 3.32. The van der Waals surface area contributed by atoms with Crippen LogP contribution < -0.4 is 5.32 Å². The van der Waals surface area contributed by atoms with Crippen LogP contribution in [0.25, 0.3) is 5.65 Å². The minimum absolute atomic E-state index is 0.110. The van der Waals surface area contributed by atoms with Gasteiger partial charge in [-0.1, -0.05) is 20.8 Å². The predicted molar refractivity (Wildman–Crippen MR) is 90.7 cm³/mol. The van der Waals surface area contributed by atoms with E-state index in [0.717, 1.165) is 12.2 Å². The molecule has 2 rings (SSSR count). The Hall–Kier alpha value is -2.11. The fourth-order valence-electron chi connectivity index (χ4n) is 3.01. The highest BCUT2D eigenvalue weighted by Gasteiger charge is 2.26. The van der Waals surface area contributed by atoms with Crippen LogP contribution in [0.5, 0.6) is 0 Å². The Bertz CT molecular complexity index is 698. The first-order valence-electron chi connectivity index (χ1n) is 7.90. The zero-order valence-electron chi connectivity index (χ0n) is 14.8. The molecule has 2 aromatic heterocycles. The fraction of sp³-hybridized carbons (Fsp3) is 0.588. The summed E-state index contributed by atoms with van der Waals surface area (Å²) in [6, 6.07) is 0. The van der Waals surface area contributed by atoms with Crippen molar-refractivity contribution < 1.29 is 9.53 Å². The summed E-state index contributed by atoms with van der Waals surface area (Å²) in [5, 5.41) is 3.52. The largest absolute Gasteiger partial charge is 0.461 e. The number of hydrogen-bond acceptors (Lipinski definition) is 5. The van der Waals surface area contributed by atoms with Gasteiger partial charge < -0.3 is 10.1 Å². The van der Waals surface area contributed by atoms with E-state index < -0.39 is 5.97 Å². The molecule has 0 atom stereocenters. The first-order chi connectivity index (χ1) is 10.6. The van der Waals surface area contributed by atoms with Crippen LogP contribution >= 0.6 is 0 Å². The van der Waals surface area contributed by atoms with Gasteiger partial charge in [-0.05, 0) is 32.6 Å². The van der Waals surface area contributed by atoms with Crippen LogP contribution in [0.3, 0.4) is 0 Å². The molecule has 0 aliphatic heterocycles. The van der Waals surface area contributed by atoms with Gasteiger partial charge in [-0.25, -0.2) is 14.8 Å². The van der Waals surface area contributed by atoms with Gasteiger partial charge in [0.15, 0.2) is 11.3 Å². The Morgan fingerprint density at radius 3 is 2.52 bits per heavy atom. The van der Waals surface area contributed by atoms with Gasteiger partial charge in [-0.3, -0.25) is 4.40 Å². The van der Waals surface area contributed by atoms with Gasteiger partial charge >= 0.3 is 5.97 Å². The highest BCUT2D eigenvalue weighted by Crippen LogP contribution is 2.29. The van der Waals surface area contributed by atoms with Crippen LogP contribution in [0.15, 0.2) is 18.6 Å². The normalized spacial score (nSPS) is 12.4. The van der Waals surface area contributed by atoms with Crippen molar-refractivity contribution in [3.63, 3.8) is 0 Å². The SMILES string of the molecule is CCOC(=O)c1cn2c(NC(C)(C)CC(C)(C)C)cnc2cn1. The van der Waals surface area contributed by atoms with Crippen molar-refractivity contribution >= 4 is 17.4 Å². The second kappa shape index (κ2) is 6.18. The van der Waals surface area contributed by atoms with Crippen molar-refractivity contribution in [3.8, 4) is 0 Å². The molecule has 6 heteroatoms. The predicted octanol–water partition coefficient (Wildman–Crippen LogP) is 3.53. The molecule has 1 N–H and O–H groups in total. The number of anilines is 1. The second-order valence-corrected chi connectivity index (χ2v) is 7.61. The van der Waals surface area contributed by atoms with Gasteiger partial charge in [-0.15, -0.1) is 0 Å². The molecule has 6 nitrogen and oxygen atoms in total. The molecule has 0 aromatic carbocycles. The van der Waals surface area contributed by atoms with E-state index in [0.29, 0.717) is 12.3 Å². The topological polar surface area (TPSA) is 68.5 Å². The Morgan fingerprint density at radius 2 is 1.91 bits per heavy atom. The fourth-order valence-corrected chi connectivity index (χ4v) is 3.01. The number of nitrogens with zero attached hydrogens (tertiary/aromatic N) is 3. The van der Waals surface area contributed by atoms with E-state index >= 15 is 0 Å². The smallest absolute Gasteiger partial charge is 0.358 e. The summed E-state index contributed by atoms with van der Waals surface area (Å²) in [6.07, 6.45) is 5.99. The molecule has 0 spiro atoms. The van der Waals surface area contributed by atoms with Gasteiger partial charge in [0.1, 0.15) is 5.82 Å². The molecule has 2 heterocycles. The van der Waals surface area contributed by atoms with Crippen molar-refractivity contribution in [1.82, 2.24) is 14.4 Å². The van der Waals surface area contributed by atoms with Gasteiger partial charge in [-0.2, -0.15) is 0 Å².